The molecule has 2 N–H and O–H groups in total. The van der Waals surface area contributed by atoms with Crippen LogP contribution >= 0.6 is 11.6 Å². The van der Waals surface area contributed by atoms with Crippen LogP contribution in [-0.2, 0) is 14.3 Å². The second kappa shape index (κ2) is 11.0. The van der Waals surface area contributed by atoms with Gasteiger partial charge in [-0.3, -0.25) is 9.59 Å². The Morgan fingerprint density at radius 3 is 2.38 bits per heavy atom. The summed E-state index contributed by atoms with van der Waals surface area (Å²) in [7, 11) is 0. The molecule has 2 aliphatic rings. The first kappa shape index (κ1) is 26.7. The summed E-state index contributed by atoms with van der Waals surface area (Å²) < 4.78 is 61.2. The van der Waals surface area contributed by atoms with E-state index in [1.165, 1.54) is 31.2 Å². The molecule has 2 fully saturated rings. The molecule has 37 heavy (non-hydrogen) atoms. The van der Waals surface area contributed by atoms with Gasteiger partial charge in [0.2, 0.25) is 11.8 Å². The number of benzene rings is 2. The quantitative estimate of drug-likeness (QED) is 0.387. The van der Waals surface area contributed by atoms with E-state index < -0.39 is 18.0 Å². The van der Waals surface area contributed by atoms with E-state index in [-0.39, 0.29) is 46.1 Å². The molecule has 2 aliphatic heterocycles. The highest BCUT2D eigenvalue weighted by atomic mass is 35.5. The Kier molecular flexibility index (Phi) is 7.93. The van der Waals surface area contributed by atoms with E-state index in [2.05, 4.69) is 15.4 Å². The Labute approximate surface area is 215 Å². The highest BCUT2D eigenvalue weighted by Gasteiger charge is 2.41. The van der Waals surface area contributed by atoms with Gasteiger partial charge in [0.15, 0.2) is 0 Å². The maximum Gasteiger partial charge on any atom is 0.573 e. The van der Waals surface area contributed by atoms with Crippen molar-refractivity contribution in [3.63, 3.8) is 0 Å². The Hall–Kier alpha value is -3.31. The number of carbonyl (C=O) groups excluding carboxylic acids is 2. The lowest BCUT2D eigenvalue weighted by molar-refractivity contribution is -0.274. The Morgan fingerprint density at radius 2 is 1.78 bits per heavy atom. The van der Waals surface area contributed by atoms with Crippen molar-refractivity contribution in [3.05, 3.63) is 58.9 Å². The minimum Gasteiger partial charge on any atom is -0.404 e. The van der Waals surface area contributed by atoms with Crippen LogP contribution in [-0.4, -0.2) is 54.4 Å². The van der Waals surface area contributed by atoms with E-state index in [9.17, 15) is 27.2 Å². The van der Waals surface area contributed by atoms with E-state index in [1.807, 2.05) is 0 Å². The molecule has 2 aromatic carbocycles. The predicted molar refractivity (Wildman–Crippen MR) is 130 cm³/mol. The first-order chi connectivity index (χ1) is 17.5. The van der Waals surface area contributed by atoms with Crippen molar-refractivity contribution in [1.82, 2.24) is 4.90 Å². The zero-order chi connectivity index (χ0) is 26.7. The lowest BCUT2D eigenvalue weighted by atomic mass is 9.89. The summed E-state index contributed by atoms with van der Waals surface area (Å²) in [5.41, 5.74) is 1.01. The molecular weight excluding hydrogens is 518 g/mol. The molecule has 0 radical (unpaired) electrons. The minimum absolute atomic E-state index is 0.0436. The zero-order valence-corrected chi connectivity index (χ0v) is 20.4. The normalized spacial score (nSPS) is 21.6. The molecule has 0 aliphatic carbocycles. The van der Waals surface area contributed by atoms with Gasteiger partial charge in [0, 0.05) is 36.0 Å². The summed E-state index contributed by atoms with van der Waals surface area (Å²) in [6, 6.07) is 7.76. The van der Waals surface area contributed by atoms with Gasteiger partial charge >= 0.3 is 6.36 Å². The predicted octanol–water partition coefficient (Wildman–Crippen LogP) is 5.22. The number of fused-ring (bicyclic) bond motifs is 2. The fourth-order valence-electron chi connectivity index (χ4n) is 4.63. The molecule has 2 atom stereocenters. The fourth-order valence-corrected chi connectivity index (χ4v) is 4.83. The largest absolute Gasteiger partial charge is 0.573 e. The molecule has 4 rings (SSSR count). The van der Waals surface area contributed by atoms with Crippen molar-refractivity contribution >= 4 is 40.9 Å². The third kappa shape index (κ3) is 6.92. The van der Waals surface area contributed by atoms with Gasteiger partial charge in [0.1, 0.15) is 11.6 Å². The first-order valence-electron chi connectivity index (χ1n) is 11.5. The molecule has 0 aromatic heterocycles. The van der Waals surface area contributed by atoms with Crippen LogP contribution < -0.4 is 15.4 Å². The molecular formula is C25H24ClF4N3O4. The number of hydrogen-bond donors (Lipinski definition) is 2. The summed E-state index contributed by atoms with van der Waals surface area (Å²) in [6.07, 6.45) is -1.23. The molecule has 7 nitrogen and oxygen atoms in total. The van der Waals surface area contributed by atoms with Gasteiger partial charge in [-0.2, -0.15) is 0 Å². The molecule has 198 valence electrons. The highest BCUT2D eigenvalue weighted by molar-refractivity contribution is 6.32. The monoisotopic (exact) mass is 541 g/mol. The number of amides is 2. The Balaban J connectivity index is 1.51. The molecule has 2 amide bonds. The number of piperidine rings is 1. The highest BCUT2D eigenvalue weighted by Crippen LogP contribution is 2.36. The van der Waals surface area contributed by atoms with Gasteiger partial charge in [-0.1, -0.05) is 11.6 Å². The molecule has 2 bridgehead atoms. The number of anilines is 2. The lowest BCUT2D eigenvalue weighted by Crippen LogP contribution is -2.60. The maximum atomic E-state index is 13.2. The van der Waals surface area contributed by atoms with Gasteiger partial charge in [0.25, 0.3) is 0 Å². The standard InChI is InChI=1S/C25H24ClF4N3O4/c1-14(34)31-22-11-21(26)23(37-25(28,29)30)8-15(22)2-7-24(35)33-19-9-18(10-20(33)13-36-12-19)32-17-5-3-16(27)4-6-17/h2-8,11,18-20,32H,9-10,12-13H2,1H3,(H,31,34)/b7-2+. The number of rotatable bonds is 6. The smallest absolute Gasteiger partial charge is 0.404 e. The Bertz CT molecular complexity index is 1180. The third-order valence-electron chi connectivity index (χ3n) is 6.04. The Morgan fingerprint density at radius 1 is 1.14 bits per heavy atom. The third-order valence-corrected chi connectivity index (χ3v) is 6.33. The summed E-state index contributed by atoms with van der Waals surface area (Å²) in [4.78, 5) is 26.5. The fraction of sp³-hybridized carbons (Fsp3) is 0.360. The van der Waals surface area contributed by atoms with Gasteiger partial charge < -0.3 is 25.0 Å². The molecule has 2 saturated heterocycles. The van der Waals surface area contributed by atoms with Crippen molar-refractivity contribution in [2.75, 3.05) is 23.8 Å². The number of carbonyl (C=O) groups is 2. The van der Waals surface area contributed by atoms with E-state index >= 15 is 0 Å². The van der Waals surface area contributed by atoms with Gasteiger partial charge in [-0.25, -0.2) is 4.39 Å². The minimum atomic E-state index is -4.97. The van der Waals surface area contributed by atoms with Crippen molar-refractivity contribution < 1.29 is 36.6 Å². The number of nitrogens with one attached hydrogen (secondary N) is 2. The molecule has 2 aromatic rings. The van der Waals surface area contributed by atoms with Crippen LogP contribution in [0.25, 0.3) is 6.08 Å². The number of nitrogens with zero attached hydrogens (tertiary/aromatic N) is 1. The van der Waals surface area contributed by atoms with Crippen LogP contribution in [0, 0.1) is 5.82 Å². The van der Waals surface area contributed by atoms with Crippen LogP contribution in [0.4, 0.5) is 28.9 Å². The van der Waals surface area contributed by atoms with Gasteiger partial charge in [0.05, 0.1) is 30.3 Å². The van der Waals surface area contributed by atoms with Crippen molar-refractivity contribution in [2.45, 2.75) is 44.3 Å². The summed E-state index contributed by atoms with van der Waals surface area (Å²) in [6.45, 7) is 1.90. The lowest BCUT2D eigenvalue weighted by Gasteiger charge is -2.48. The van der Waals surface area contributed by atoms with Crippen molar-refractivity contribution in [1.29, 1.82) is 0 Å². The average Bonchev–Trinajstić information content (AvgIpc) is 2.79. The summed E-state index contributed by atoms with van der Waals surface area (Å²) in [5.74, 6) is -1.81. The topological polar surface area (TPSA) is 79.9 Å². The second-order valence-corrected chi connectivity index (χ2v) is 9.25. The van der Waals surface area contributed by atoms with E-state index in [0.717, 1.165) is 17.8 Å². The van der Waals surface area contributed by atoms with Crippen LogP contribution in [0.1, 0.15) is 25.3 Å². The van der Waals surface area contributed by atoms with E-state index in [4.69, 9.17) is 16.3 Å². The summed E-state index contributed by atoms with van der Waals surface area (Å²) >= 11 is 5.91. The maximum absolute atomic E-state index is 13.2. The van der Waals surface area contributed by atoms with Crippen LogP contribution in [0.5, 0.6) is 5.75 Å². The molecule has 0 saturated carbocycles. The van der Waals surface area contributed by atoms with Crippen molar-refractivity contribution in [3.8, 4) is 5.75 Å². The number of halogens is 5. The number of morpholine rings is 1. The second-order valence-electron chi connectivity index (χ2n) is 8.84. The van der Waals surface area contributed by atoms with Gasteiger partial charge in [-0.05, 0) is 55.3 Å². The molecule has 2 heterocycles. The number of ether oxygens (including phenoxy) is 2. The van der Waals surface area contributed by atoms with Crippen LogP contribution in [0.3, 0.4) is 0 Å². The molecule has 0 spiro atoms. The first-order valence-corrected chi connectivity index (χ1v) is 11.8. The molecule has 2 unspecified atom stereocenters. The zero-order valence-electron chi connectivity index (χ0n) is 19.6. The number of alkyl halides is 3. The van der Waals surface area contributed by atoms with E-state index in [1.54, 1.807) is 17.0 Å². The van der Waals surface area contributed by atoms with Crippen molar-refractivity contribution in [2.24, 2.45) is 0 Å². The number of hydrogen-bond acceptors (Lipinski definition) is 5. The van der Waals surface area contributed by atoms with E-state index in [0.29, 0.717) is 26.1 Å². The average molecular weight is 542 g/mol. The van der Waals surface area contributed by atoms with Gasteiger partial charge in [-0.15, -0.1) is 13.2 Å². The molecule has 12 heteroatoms. The van der Waals surface area contributed by atoms with Crippen LogP contribution in [0.2, 0.25) is 5.02 Å². The van der Waals surface area contributed by atoms with Crippen LogP contribution in [0.15, 0.2) is 42.5 Å². The summed E-state index contributed by atoms with van der Waals surface area (Å²) in [5, 5.41) is 5.51. The SMILES string of the molecule is CC(=O)Nc1cc(Cl)c(OC(F)(F)F)cc1/C=C/C(=O)N1C2COCC1CC(Nc1ccc(F)cc1)C2.